The van der Waals surface area contributed by atoms with Crippen molar-refractivity contribution in [3.63, 3.8) is 0 Å². The van der Waals surface area contributed by atoms with E-state index in [2.05, 4.69) is 5.16 Å². The predicted molar refractivity (Wildman–Crippen MR) is 76.4 cm³/mol. The van der Waals surface area contributed by atoms with Crippen molar-refractivity contribution in [1.82, 2.24) is 5.16 Å². The molecule has 0 spiro atoms. The van der Waals surface area contributed by atoms with Crippen molar-refractivity contribution in [2.75, 3.05) is 5.73 Å². The number of nitrogens with two attached hydrogens (primary N) is 1. The highest BCUT2D eigenvalue weighted by Gasteiger charge is 2.20. The monoisotopic (exact) mass is 286 g/mol. The third-order valence-electron chi connectivity index (χ3n) is 3.20. The Morgan fingerprint density at radius 2 is 1.90 bits per heavy atom. The normalized spacial score (nSPS) is 10.8. The minimum absolute atomic E-state index is 0.122. The number of aryl methyl sites for hydroxylation is 1. The average Bonchev–Trinajstić information content (AvgIpc) is 2.80. The van der Waals surface area contributed by atoms with Gasteiger partial charge in [-0.2, -0.15) is 0 Å². The van der Waals surface area contributed by atoms with Gasteiger partial charge in [0.2, 0.25) is 0 Å². The Morgan fingerprint density at radius 3 is 2.62 bits per heavy atom. The molecule has 21 heavy (non-hydrogen) atoms. The van der Waals surface area contributed by atoms with Crippen LogP contribution in [0.1, 0.15) is 5.56 Å². The molecule has 1 heterocycles. The molecule has 1 aromatic heterocycles. The number of nitrogens with zero attached hydrogens (tertiary/aromatic N) is 1. The lowest BCUT2D eigenvalue weighted by molar-refractivity contribution is 0.433. The van der Waals surface area contributed by atoms with Gasteiger partial charge >= 0.3 is 0 Å². The zero-order valence-electron chi connectivity index (χ0n) is 11.2. The van der Waals surface area contributed by atoms with Crippen LogP contribution >= 0.6 is 0 Å². The van der Waals surface area contributed by atoms with Crippen LogP contribution in [0.3, 0.4) is 0 Å². The van der Waals surface area contributed by atoms with Crippen LogP contribution in [0, 0.1) is 18.6 Å². The largest absolute Gasteiger partial charge is 0.380 e. The Morgan fingerprint density at radius 1 is 1.10 bits per heavy atom. The first-order valence-electron chi connectivity index (χ1n) is 6.34. The number of nitrogen functional groups attached to an aromatic ring is 1. The maximum Gasteiger partial charge on any atom is 0.179 e. The van der Waals surface area contributed by atoms with E-state index in [4.69, 9.17) is 10.3 Å². The van der Waals surface area contributed by atoms with Crippen LogP contribution in [0.25, 0.3) is 22.5 Å². The van der Waals surface area contributed by atoms with Gasteiger partial charge in [0.1, 0.15) is 11.6 Å². The molecule has 3 nitrogen and oxygen atoms in total. The highest BCUT2D eigenvalue weighted by molar-refractivity contribution is 5.86. The molecule has 0 bridgehead atoms. The molecular weight excluding hydrogens is 274 g/mol. The Bertz CT molecular complexity index is 812. The molecule has 106 valence electrons. The van der Waals surface area contributed by atoms with Gasteiger partial charge in [-0.05, 0) is 24.6 Å². The molecule has 0 radical (unpaired) electrons. The summed E-state index contributed by atoms with van der Waals surface area (Å²) < 4.78 is 32.1. The lowest BCUT2D eigenvalue weighted by Crippen LogP contribution is -1.91. The van der Waals surface area contributed by atoms with Crippen LogP contribution in [0.4, 0.5) is 14.6 Å². The zero-order chi connectivity index (χ0) is 15.0. The fraction of sp³-hybridized carbons (Fsp3) is 0.0625. The number of benzene rings is 2. The third-order valence-corrected chi connectivity index (χ3v) is 3.20. The van der Waals surface area contributed by atoms with E-state index in [0.29, 0.717) is 5.56 Å². The number of anilines is 1. The number of hydrogen-bond acceptors (Lipinski definition) is 3. The van der Waals surface area contributed by atoms with Crippen LogP contribution in [0.15, 0.2) is 47.0 Å². The molecule has 0 atom stereocenters. The van der Waals surface area contributed by atoms with Gasteiger partial charge < -0.3 is 10.3 Å². The second kappa shape index (κ2) is 5.01. The first kappa shape index (κ1) is 13.3. The molecule has 5 heteroatoms. The Kier molecular flexibility index (Phi) is 3.17. The maximum absolute atomic E-state index is 14.0. The Hall–Kier alpha value is -2.69. The van der Waals surface area contributed by atoms with Gasteiger partial charge in [0, 0.05) is 6.07 Å². The fourth-order valence-electron chi connectivity index (χ4n) is 2.24. The summed E-state index contributed by atoms with van der Waals surface area (Å²) >= 11 is 0. The lowest BCUT2D eigenvalue weighted by Gasteiger charge is -2.05. The van der Waals surface area contributed by atoms with E-state index in [9.17, 15) is 8.78 Å². The summed E-state index contributed by atoms with van der Waals surface area (Å²) in [5, 5.41) is 3.70. The molecule has 0 fully saturated rings. The van der Waals surface area contributed by atoms with E-state index in [0.717, 1.165) is 23.3 Å². The van der Waals surface area contributed by atoms with E-state index in [1.54, 1.807) is 0 Å². The summed E-state index contributed by atoms with van der Waals surface area (Å²) in [5.74, 6) is -1.02. The minimum Gasteiger partial charge on any atom is -0.380 e. The van der Waals surface area contributed by atoms with Crippen LogP contribution in [0.5, 0.6) is 0 Å². The molecule has 0 aliphatic rings. The van der Waals surface area contributed by atoms with Crippen molar-refractivity contribution in [3.8, 4) is 22.5 Å². The van der Waals surface area contributed by atoms with Crippen molar-refractivity contribution in [3.05, 3.63) is 59.7 Å². The van der Waals surface area contributed by atoms with E-state index in [1.165, 1.54) is 6.07 Å². The van der Waals surface area contributed by atoms with Crippen LogP contribution in [-0.4, -0.2) is 5.16 Å². The third kappa shape index (κ3) is 2.38. The van der Waals surface area contributed by atoms with Crippen molar-refractivity contribution >= 4 is 5.82 Å². The predicted octanol–water partition coefficient (Wildman–Crippen LogP) is 4.18. The van der Waals surface area contributed by atoms with E-state index < -0.39 is 11.6 Å². The van der Waals surface area contributed by atoms with Gasteiger partial charge in [0.15, 0.2) is 11.6 Å². The van der Waals surface area contributed by atoms with Crippen molar-refractivity contribution in [2.24, 2.45) is 0 Å². The highest BCUT2D eigenvalue weighted by atomic mass is 19.1. The van der Waals surface area contributed by atoms with Crippen molar-refractivity contribution in [1.29, 1.82) is 0 Å². The van der Waals surface area contributed by atoms with Gasteiger partial charge in [0.05, 0.1) is 11.1 Å². The fourth-order valence-corrected chi connectivity index (χ4v) is 2.24. The quantitative estimate of drug-likeness (QED) is 0.769. The highest BCUT2D eigenvalue weighted by Crippen LogP contribution is 2.37. The summed E-state index contributed by atoms with van der Waals surface area (Å²) in [7, 11) is 0. The first-order valence-corrected chi connectivity index (χ1v) is 6.34. The number of aromatic nitrogens is 1. The SMILES string of the molecule is Cc1cccc(-c2c(N)noc2-c2ccc(F)cc2F)c1. The van der Waals surface area contributed by atoms with E-state index >= 15 is 0 Å². The molecule has 2 N–H and O–H groups in total. The molecule has 0 amide bonds. The lowest BCUT2D eigenvalue weighted by atomic mass is 10.00. The van der Waals surface area contributed by atoms with Crippen LogP contribution in [0.2, 0.25) is 0 Å². The summed E-state index contributed by atoms with van der Waals surface area (Å²) in [6.07, 6.45) is 0. The number of hydrogen-bond donors (Lipinski definition) is 1. The smallest absolute Gasteiger partial charge is 0.179 e. The Labute approximate surface area is 120 Å². The second-order valence-electron chi connectivity index (χ2n) is 4.77. The average molecular weight is 286 g/mol. The molecule has 3 aromatic rings. The van der Waals surface area contributed by atoms with E-state index in [-0.39, 0.29) is 17.1 Å². The summed E-state index contributed by atoms with van der Waals surface area (Å²) in [6, 6.07) is 10.8. The van der Waals surface area contributed by atoms with Gasteiger partial charge in [-0.1, -0.05) is 35.0 Å². The topological polar surface area (TPSA) is 52.0 Å². The molecule has 0 saturated heterocycles. The van der Waals surface area contributed by atoms with Gasteiger partial charge in [-0.25, -0.2) is 8.78 Å². The number of rotatable bonds is 2. The summed E-state index contributed by atoms with van der Waals surface area (Å²) in [5.41, 5.74) is 8.26. The molecule has 0 aliphatic heterocycles. The molecular formula is C16H12F2N2O. The van der Waals surface area contributed by atoms with Crippen LogP contribution in [-0.2, 0) is 0 Å². The minimum atomic E-state index is -0.722. The Balaban J connectivity index is 2.22. The first-order chi connectivity index (χ1) is 10.1. The molecule has 0 unspecified atom stereocenters. The maximum atomic E-state index is 14.0. The van der Waals surface area contributed by atoms with Crippen molar-refractivity contribution in [2.45, 2.75) is 6.92 Å². The number of halogens is 2. The molecule has 0 saturated carbocycles. The summed E-state index contributed by atoms with van der Waals surface area (Å²) in [4.78, 5) is 0. The van der Waals surface area contributed by atoms with Gasteiger partial charge in [-0.3, -0.25) is 0 Å². The van der Waals surface area contributed by atoms with Crippen LogP contribution < -0.4 is 5.73 Å². The van der Waals surface area contributed by atoms with Crippen molar-refractivity contribution < 1.29 is 13.3 Å². The standard InChI is InChI=1S/C16H12F2N2O/c1-9-3-2-4-10(7-9)14-15(21-20-16(14)19)12-6-5-11(17)8-13(12)18/h2-8H,1H3,(H2,19,20). The second-order valence-corrected chi connectivity index (χ2v) is 4.77. The van der Waals surface area contributed by atoms with Gasteiger partial charge in [0.25, 0.3) is 0 Å². The molecule has 3 rings (SSSR count). The van der Waals surface area contributed by atoms with Gasteiger partial charge in [-0.15, -0.1) is 0 Å². The molecule has 0 aliphatic carbocycles. The zero-order valence-corrected chi connectivity index (χ0v) is 11.2. The molecule has 2 aromatic carbocycles. The summed E-state index contributed by atoms with van der Waals surface area (Å²) in [6.45, 7) is 1.94. The van der Waals surface area contributed by atoms with E-state index in [1.807, 2.05) is 31.2 Å².